The number of aliphatic imine (C=N–C) groups is 1. The van der Waals surface area contributed by atoms with Crippen LogP contribution in [0, 0.1) is 11.3 Å². The third-order valence-corrected chi connectivity index (χ3v) is 7.40. The lowest BCUT2D eigenvalue weighted by Crippen LogP contribution is -2.69. The third kappa shape index (κ3) is 4.05. The fraction of sp³-hybridized carbons (Fsp3) is 0.560. The summed E-state index contributed by atoms with van der Waals surface area (Å²) >= 11 is 0. The number of furan rings is 1. The average molecular weight is 424 g/mol. The Balaban J connectivity index is 1.29. The van der Waals surface area contributed by atoms with Crippen molar-refractivity contribution in [3.8, 4) is 5.75 Å². The van der Waals surface area contributed by atoms with Crippen molar-refractivity contribution in [2.45, 2.75) is 57.2 Å². The van der Waals surface area contributed by atoms with Gasteiger partial charge < -0.3 is 24.5 Å². The van der Waals surface area contributed by atoms with E-state index in [0.717, 1.165) is 43.5 Å². The van der Waals surface area contributed by atoms with E-state index in [9.17, 15) is 0 Å². The van der Waals surface area contributed by atoms with Gasteiger partial charge in [0.1, 0.15) is 11.5 Å². The van der Waals surface area contributed by atoms with E-state index in [-0.39, 0.29) is 0 Å². The van der Waals surface area contributed by atoms with Crippen molar-refractivity contribution in [1.82, 2.24) is 10.6 Å². The van der Waals surface area contributed by atoms with Gasteiger partial charge in [-0.2, -0.15) is 0 Å². The second-order valence-corrected chi connectivity index (χ2v) is 9.08. The predicted octanol–water partition coefficient (Wildman–Crippen LogP) is 3.91. The summed E-state index contributed by atoms with van der Waals surface area (Å²) in [6.45, 7) is 2.32. The lowest BCUT2D eigenvalue weighted by molar-refractivity contribution is -0.125. The minimum absolute atomic E-state index is 0.296. The van der Waals surface area contributed by atoms with Gasteiger partial charge in [0.2, 0.25) is 0 Å². The maximum Gasteiger partial charge on any atom is 0.191 e. The summed E-state index contributed by atoms with van der Waals surface area (Å²) < 4.78 is 16.9. The first kappa shape index (κ1) is 20.4. The fourth-order valence-corrected chi connectivity index (χ4v) is 5.86. The van der Waals surface area contributed by atoms with Crippen LogP contribution in [0.3, 0.4) is 0 Å². The summed E-state index contributed by atoms with van der Waals surface area (Å²) in [4.78, 5) is 4.94. The maximum absolute atomic E-state index is 6.16. The quantitative estimate of drug-likeness (QED) is 0.522. The topological polar surface area (TPSA) is 68.0 Å². The van der Waals surface area contributed by atoms with E-state index < -0.39 is 0 Å². The first-order valence-electron chi connectivity index (χ1n) is 11.6. The summed E-state index contributed by atoms with van der Waals surface area (Å²) in [7, 11) is 1.69. The van der Waals surface area contributed by atoms with Crippen LogP contribution < -0.4 is 15.4 Å². The number of nitrogens with zero attached hydrogens (tertiary/aromatic N) is 1. The second-order valence-electron chi connectivity index (χ2n) is 9.08. The maximum atomic E-state index is 6.16. The average Bonchev–Trinajstić information content (AvgIpc) is 3.56. The van der Waals surface area contributed by atoms with Gasteiger partial charge in [0.15, 0.2) is 5.96 Å². The smallest absolute Gasteiger partial charge is 0.191 e. The molecular weight excluding hydrogens is 390 g/mol. The Kier molecular flexibility index (Phi) is 5.90. The van der Waals surface area contributed by atoms with Gasteiger partial charge in [-0.05, 0) is 49.1 Å². The zero-order valence-electron chi connectivity index (χ0n) is 18.3. The Morgan fingerprint density at radius 1 is 1.19 bits per heavy atom. The van der Waals surface area contributed by atoms with Gasteiger partial charge in [0.25, 0.3) is 0 Å². The van der Waals surface area contributed by atoms with E-state index in [1.165, 1.54) is 31.2 Å². The number of fused-ring (bicyclic) bond motifs is 2. The minimum atomic E-state index is 0.296. The van der Waals surface area contributed by atoms with E-state index in [1.54, 1.807) is 13.4 Å². The second kappa shape index (κ2) is 8.95. The van der Waals surface area contributed by atoms with Crippen molar-refractivity contribution in [3.05, 3.63) is 54.0 Å². The van der Waals surface area contributed by atoms with Crippen molar-refractivity contribution < 1.29 is 13.9 Å². The van der Waals surface area contributed by atoms with Gasteiger partial charge in [-0.3, -0.25) is 0 Å². The van der Waals surface area contributed by atoms with Crippen LogP contribution in [-0.4, -0.2) is 38.4 Å². The van der Waals surface area contributed by atoms with Gasteiger partial charge in [0.05, 0.1) is 26.0 Å². The highest BCUT2D eigenvalue weighted by atomic mass is 16.5. The Bertz CT molecular complexity index is 872. The minimum Gasteiger partial charge on any atom is -0.497 e. The summed E-state index contributed by atoms with van der Waals surface area (Å²) in [6, 6.07) is 12.5. The van der Waals surface area contributed by atoms with Crippen molar-refractivity contribution in [1.29, 1.82) is 0 Å². The molecule has 2 heterocycles. The predicted molar refractivity (Wildman–Crippen MR) is 120 cm³/mol. The lowest BCUT2D eigenvalue weighted by Gasteiger charge is -2.57. The van der Waals surface area contributed by atoms with Crippen LogP contribution in [0.5, 0.6) is 5.75 Å². The van der Waals surface area contributed by atoms with Gasteiger partial charge in [-0.25, -0.2) is 4.99 Å². The van der Waals surface area contributed by atoms with E-state index in [4.69, 9.17) is 18.9 Å². The number of benzene rings is 1. The van der Waals surface area contributed by atoms with Crippen LogP contribution in [0.25, 0.3) is 0 Å². The Morgan fingerprint density at radius 3 is 2.77 bits per heavy atom. The molecule has 0 bridgehead atoms. The Morgan fingerprint density at radius 2 is 2.03 bits per heavy atom. The highest BCUT2D eigenvalue weighted by Gasteiger charge is 2.65. The molecule has 1 aromatic heterocycles. The van der Waals surface area contributed by atoms with Crippen LogP contribution in [0.2, 0.25) is 0 Å². The number of ether oxygens (including phenoxy) is 2. The van der Waals surface area contributed by atoms with E-state index >= 15 is 0 Å². The normalized spacial score (nSPS) is 26.5. The molecule has 3 fully saturated rings. The lowest BCUT2D eigenvalue weighted by atomic mass is 9.54. The molecule has 166 valence electrons. The first-order chi connectivity index (χ1) is 15.3. The number of guanidine groups is 1. The van der Waals surface area contributed by atoms with Gasteiger partial charge in [-0.15, -0.1) is 0 Å². The molecule has 2 aliphatic carbocycles. The summed E-state index contributed by atoms with van der Waals surface area (Å²) in [5.41, 5.74) is 1.46. The van der Waals surface area contributed by atoms with E-state index in [2.05, 4.69) is 22.8 Å². The van der Waals surface area contributed by atoms with Crippen molar-refractivity contribution in [2.24, 2.45) is 16.3 Å². The van der Waals surface area contributed by atoms with Crippen LogP contribution in [0.15, 0.2) is 52.1 Å². The van der Waals surface area contributed by atoms with Crippen molar-refractivity contribution in [2.75, 3.05) is 20.3 Å². The molecule has 1 saturated heterocycles. The third-order valence-electron chi connectivity index (χ3n) is 7.40. The Hall–Kier alpha value is -2.47. The zero-order chi connectivity index (χ0) is 21.1. The molecule has 6 nitrogen and oxygen atoms in total. The van der Waals surface area contributed by atoms with Crippen molar-refractivity contribution >= 4 is 5.96 Å². The Labute approximate surface area is 184 Å². The molecule has 1 spiro atoms. The molecule has 3 atom stereocenters. The molecule has 1 aromatic carbocycles. The standard InChI is InChI=1S/C25H33N3O3/c1-29-19-8-6-18(7-9-19)17-27-24(26-14-10-20-5-4-15-30-20)28-22-21-11-16-31-23(21)25(22)12-2-3-13-25/h4-9,15,21-23H,2-3,10-14,16-17H2,1H3,(H2,26,27,28). The zero-order valence-corrected chi connectivity index (χ0v) is 18.3. The first-order valence-corrected chi connectivity index (χ1v) is 11.6. The fourth-order valence-electron chi connectivity index (χ4n) is 5.86. The van der Waals surface area contributed by atoms with Crippen LogP contribution in [0.4, 0.5) is 0 Å². The van der Waals surface area contributed by atoms with Gasteiger partial charge in [-0.1, -0.05) is 25.0 Å². The molecule has 1 aliphatic heterocycles. The van der Waals surface area contributed by atoms with Crippen LogP contribution in [0.1, 0.15) is 43.4 Å². The molecule has 6 heteroatoms. The number of methoxy groups -OCH3 is 1. The highest BCUT2D eigenvalue weighted by Crippen LogP contribution is 2.60. The summed E-state index contributed by atoms with van der Waals surface area (Å²) in [6.07, 6.45) is 9.32. The molecule has 0 amide bonds. The highest BCUT2D eigenvalue weighted by molar-refractivity contribution is 5.80. The monoisotopic (exact) mass is 423 g/mol. The molecular formula is C25H33N3O3. The van der Waals surface area contributed by atoms with E-state index in [0.29, 0.717) is 30.0 Å². The van der Waals surface area contributed by atoms with Gasteiger partial charge >= 0.3 is 0 Å². The van der Waals surface area contributed by atoms with Crippen molar-refractivity contribution in [3.63, 3.8) is 0 Å². The van der Waals surface area contributed by atoms with Crippen LogP contribution in [-0.2, 0) is 17.7 Å². The van der Waals surface area contributed by atoms with E-state index in [1.807, 2.05) is 24.3 Å². The number of rotatable bonds is 7. The van der Waals surface area contributed by atoms with Gasteiger partial charge in [0, 0.05) is 36.9 Å². The SMILES string of the molecule is COc1ccc(CN=C(NCCc2ccco2)NC2C3CCOC3C23CCCC3)cc1. The van der Waals surface area contributed by atoms with Crippen LogP contribution >= 0.6 is 0 Å². The summed E-state index contributed by atoms with van der Waals surface area (Å²) in [5, 5.41) is 7.38. The molecule has 5 rings (SSSR count). The molecule has 3 unspecified atom stereocenters. The molecule has 2 saturated carbocycles. The summed E-state index contributed by atoms with van der Waals surface area (Å²) in [5.74, 6) is 3.36. The number of nitrogens with one attached hydrogen (secondary N) is 2. The molecule has 2 N–H and O–H groups in total. The molecule has 31 heavy (non-hydrogen) atoms. The molecule has 3 aliphatic rings. The molecule has 0 radical (unpaired) electrons. The number of hydrogen-bond donors (Lipinski definition) is 2. The largest absolute Gasteiger partial charge is 0.497 e. The molecule has 2 aromatic rings. The number of hydrogen-bond acceptors (Lipinski definition) is 4.